The fourth-order valence-electron chi connectivity index (χ4n) is 12.5. The molecule has 0 radical (unpaired) electrons. The van der Waals surface area contributed by atoms with Gasteiger partial charge in [0.15, 0.2) is 6.10 Å². The van der Waals surface area contributed by atoms with E-state index in [0.29, 0.717) is 17.4 Å². The molecule has 95 heavy (non-hydrogen) atoms. The lowest BCUT2D eigenvalue weighted by atomic mass is 10.0. The number of rotatable bonds is 78. The number of hydrogen-bond acceptors (Lipinski definition) is 8. The van der Waals surface area contributed by atoms with Crippen molar-refractivity contribution in [3.8, 4) is 0 Å². The summed E-state index contributed by atoms with van der Waals surface area (Å²) in [4.78, 5) is 38.2. The number of phosphoric ester groups is 1. The minimum atomic E-state index is -4.64. The van der Waals surface area contributed by atoms with Crippen molar-refractivity contribution in [2.75, 3.05) is 47.5 Å². The van der Waals surface area contributed by atoms with Crippen LogP contribution in [-0.2, 0) is 32.7 Å². The van der Waals surface area contributed by atoms with Crippen LogP contribution in [0.25, 0.3) is 0 Å². The molecule has 0 spiro atoms. The molecule has 0 saturated carbocycles. The number of quaternary nitrogens is 1. The van der Waals surface area contributed by atoms with E-state index in [-0.39, 0.29) is 32.0 Å². The van der Waals surface area contributed by atoms with Crippen LogP contribution in [0.2, 0.25) is 0 Å². The maximum absolute atomic E-state index is 12.9. The van der Waals surface area contributed by atoms with Crippen LogP contribution >= 0.6 is 7.82 Å². The zero-order valence-corrected chi connectivity index (χ0v) is 64.8. The zero-order valence-electron chi connectivity index (χ0n) is 63.9. The summed E-state index contributed by atoms with van der Waals surface area (Å²) in [5.74, 6) is -0.809. The Morgan fingerprint density at radius 3 is 0.895 bits per heavy atom. The van der Waals surface area contributed by atoms with E-state index in [4.69, 9.17) is 18.5 Å². The summed E-state index contributed by atoms with van der Waals surface area (Å²) in [6.45, 7) is 4.21. The number of phosphoric acid groups is 1. The Bertz CT molecular complexity index is 1790. The van der Waals surface area contributed by atoms with E-state index in [9.17, 15) is 19.0 Å². The Balaban J connectivity index is 3.89. The van der Waals surface area contributed by atoms with Gasteiger partial charge in [0, 0.05) is 12.8 Å². The molecular weight excluding hydrogens is 1190 g/mol. The predicted molar refractivity (Wildman–Crippen MR) is 411 cm³/mol. The van der Waals surface area contributed by atoms with Crippen molar-refractivity contribution in [3.63, 3.8) is 0 Å². The minimum absolute atomic E-state index is 0.0285. The van der Waals surface area contributed by atoms with Gasteiger partial charge in [0.25, 0.3) is 7.82 Å². The second-order valence-electron chi connectivity index (χ2n) is 29.5. The van der Waals surface area contributed by atoms with Crippen LogP contribution in [0.3, 0.4) is 0 Å². The number of carbonyl (C=O) groups is 2. The number of nitrogens with zero attached hydrogens (tertiary/aromatic N) is 1. The van der Waals surface area contributed by atoms with Gasteiger partial charge < -0.3 is 27.9 Å². The van der Waals surface area contributed by atoms with Crippen LogP contribution in [0.4, 0.5) is 0 Å². The molecule has 0 aromatic rings. The highest BCUT2D eigenvalue weighted by Crippen LogP contribution is 2.38. The average Bonchev–Trinajstić information content (AvgIpc) is 2.16. The molecule has 0 aliphatic rings. The first-order chi connectivity index (χ1) is 46.5. The summed E-state index contributed by atoms with van der Waals surface area (Å²) in [6.07, 6.45) is 102. The second kappa shape index (κ2) is 75.9. The first kappa shape index (κ1) is 92.7. The van der Waals surface area contributed by atoms with Crippen molar-refractivity contribution >= 4 is 19.8 Å². The molecule has 2 unspecified atom stereocenters. The molecule has 2 atom stereocenters. The van der Waals surface area contributed by atoms with E-state index in [1.807, 2.05) is 21.1 Å². The highest BCUT2D eigenvalue weighted by molar-refractivity contribution is 7.45. The van der Waals surface area contributed by atoms with E-state index < -0.39 is 26.5 Å². The first-order valence-corrected chi connectivity index (χ1v) is 43.0. The lowest BCUT2D eigenvalue weighted by Crippen LogP contribution is -2.37. The molecule has 9 nitrogen and oxygen atoms in total. The lowest BCUT2D eigenvalue weighted by molar-refractivity contribution is -0.870. The van der Waals surface area contributed by atoms with E-state index in [1.54, 1.807) is 0 Å². The summed E-state index contributed by atoms with van der Waals surface area (Å²) in [5.41, 5.74) is 0. The molecule has 0 rings (SSSR count). The molecular formula is C85H160NO8P. The quantitative estimate of drug-likeness (QED) is 0.0195. The SMILES string of the molecule is CC/C=C\C/C=C\C/C=C\C/C=C\C/C=C\CCCCCCCCCCCCCCCCCCCCCC(=O)OC(COC(=O)CCCCCCCCCCCCCCCCCCCCCCCCCCCCCCCCCCCCCC)COP(=O)([O-])OCC[N+](C)(C)C. The van der Waals surface area contributed by atoms with Crippen LogP contribution in [0.15, 0.2) is 60.8 Å². The van der Waals surface area contributed by atoms with Crippen molar-refractivity contribution in [1.82, 2.24) is 0 Å². The monoisotopic (exact) mass is 1350 g/mol. The molecule has 0 aliphatic carbocycles. The smallest absolute Gasteiger partial charge is 0.306 e. The number of likely N-dealkylation sites (N-methyl/N-ethyl adjacent to an activating group) is 1. The largest absolute Gasteiger partial charge is 0.756 e. The van der Waals surface area contributed by atoms with Gasteiger partial charge in [0.2, 0.25) is 0 Å². The van der Waals surface area contributed by atoms with Gasteiger partial charge >= 0.3 is 11.9 Å². The average molecular weight is 1360 g/mol. The third kappa shape index (κ3) is 80.6. The normalized spacial score (nSPS) is 13.3. The van der Waals surface area contributed by atoms with Crippen molar-refractivity contribution in [1.29, 1.82) is 0 Å². The zero-order chi connectivity index (χ0) is 69.0. The third-order valence-electron chi connectivity index (χ3n) is 18.8. The Hall–Kier alpha value is -2.29. The summed E-state index contributed by atoms with van der Waals surface area (Å²) in [5, 5.41) is 0. The topological polar surface area (TPSA) is 111 Å². The molecule has 0 bridgehead atoms. The van der Waals surface area contributed by atoms with Gasteiger partial charge in [-0.1, -0.05) is 408 Å². The van der Waals surface area contributed by atoms with Gasteiger partial charge in [-0.25, -0.2) is 0 Å². The molecule has 0 aromatic heterocycles. The number of ether oxygens (including phenoxy) is 2. The molecule has 0 aliphatic heterocycles. The summed E-state index contributed by atoms with van der Waals surface area (Å²) < 4.78 is 34.5. The maximum Gasteiger partial charge on any atom is 0.306 e. The first-order valence-electron chi connectivity index (χ1n) is 41.5. The summed E-state index contributed by atoms with van der Waals surface area (Å²) in [6, 6.07) is 0. The van der Waals surface area contributed by atoms with Crippen molar-refractivity contribution in [3.05, 3.63) is 60.8 Å². The van der Waals surface area contributed by atoms with Gasteiger partial charge in [-0.05, 0) is 57.8 Å². The van der Waals surface area contributed by atoms with E-state index in [2.05, 4.69) is 74.6 Å². The molecule has 0 saturated heterocycles. The second-order valence-corrected chi connectivity index (χ2v) is 30.9. The fourth-order valence-corrected chi connectivity index (χ4v) is 13.2. The molecule has 0 heterocycles. The number of hydrogen-bond donors (Lipinski definition) is 0. The van der Waals surface area contributed by atoms with E-state index in [1.165, 1.54) is 321 Å². The standard InChI is InChI=1S/C85H160NO8P/c1-6-8-10-12-14-16-18-20-22-24-26-28-30-32-34-36-38-40-42-44-45-47-49-51-53-55-57-59-61-63-65-67-69-71-73-75-77-84(87)91-81-83(82-93-95(89,90)92-80-79-86(3,4)5)94-85(88)78-76-74-72-70-68-66-64-62-60-58-56-54-52-50-48-46-43-41-39-37-35-33-31-29-27-25-23-21-19-17-15-13-11-9-7-2/h9,11,15,17,21,23,27,29,33,35,83H,6-8,10,12-14,16,18-20,22,24-26,28,30-32,34,36-82H2,1-5H3/b11-9-,17-15-,23-21-,29-27-,35-33-. The van der Waals surface area contributed by atoms with Gasteiger partial charge in [-0.3, -0.25) is 14.2 Å². The van der Waals surface area contributed by atoms with Crippen molar-refractivity contribution < 1.29 is 42.1 Å². The Morgan fingerprint density at radius 2 is 0.600 bits per heavy atom. The molecule has 0 N–H and O–H groups in total. The number of esters is 2. The van der Waals surface area contributed by atoms with Gasteiger partial charge in [0.05, 0.1) is 27.7 Å². The van der Waals surface area contributed by atoms with Crippen LogP contribution in [-0.4, -0.2) is 70.0 Å². The van der Waals surface area contributed by atoms with Gasteiger partial charge in [-0.2, -0.15) is 0 Å². The van der Waals surface area contributed by atoms with Crippen molar-refractivity contribution in [2.24, 2.45) is 0 Å². The molecule has 0 fully saturated rings. The van der Waals surface area contributed by atoms with E-state index >= 15 is 0 Å². The lowest BCUT2D eigenvalue weighted by Gasteiger charge is -2.28. The van der Waals surface area contributed by atoms with Crippen molar-refractivity contribution in [2.45, 2.75) is 424 Å². The summed E-state index contributed by atoms with van der Waals surface area (Å²) >= 11 is 0. The molecule has 10 heteroatoms. The van der Waals surface area contributed by atoms with Gasteiger partial charge in [0.1, 0.15) is 19.8 Å². The molecule has 0 amide bonds. The van der Waals surface area contributed by atoms with E-state index in [0.717, 1.165) is 64.2 Å². The van der Waals surface area contributed by atoms with Crippen LogP contribution < -0.4 is 4.89 Å². The molecule has 0 aromatic carbocycles. The highest BCUT2D eigenvalue weighted by Gasteiger charge is 2.22. The summed E-state index contributed by atoms with van der Waals surface area (Å²) in [7, 11) is 1.19. The maximum atomic E-state index is 12.9. The number of unbranched alkanes of at least 4 members (excludes halogenated alkanes) is 54. The Labute approximate surface area is 591 Å². The Kier molecular flexibility index (Phi) is 74.1. The fraction of sp³-hybridized carbons (Fsp3) is 0.859. The highest BCUT2D eigenvalue weighted by atomic mass is 31.2. The molecule has 558 valence electrons. The van der Waals surface area contributed by atoms with Crippen LogP contribution in [0, 0.1) is 0 Å². The number of carbonyl (C=O) groups excluding carboxylic acids is 2. The Morgan fingerprint density at radius 1 is 0.337 bits per heavy atom. The minimum Gasteiger partial charge on any atom is -0.756 e. The number of allylic oxidation sites excluding steroid dienone is 10. The van der Waals surface area contributed by atoms with Crippen LogP contribution in [0.1, 0.15) is 418 Å². The predicted octanol–water partition coefficient (Wildman–Crippen LogP) is 27.0. The third-order valence-corrected chi connectivity index (χ3v) is 19.8. The van der Waals surface area contributed by atoms with Crippen LogP contribution in [0.5, 0.6) is 0 Å². The van der Waals surface area contributed by atoms with Gasteiger partial charge in [-0.15, -0.1) is 0 Å².